The molecule has 0 amide bonds. The highest BCUT2D eigenvalue weighted by molar-refractivity contribution is 5.44. The number of aromatic nitrogens is 2. The van der Waals surface area contributed by atoms with Crippen molar-refractivity contribution in [3.8, 4) is 0 Å². The maximum absolute atomic E-state index is 5.74. The van der Waals surface area contributed by atoms with Crippen molar-refractivity contribution in [2.45, 2.75) is 40.5 Å². The average molecular weight is 222 g/mol. The normalized spacial score (nSPS) is 11.5. The van der Waals surface area contributed by atoms with Crippen LogP contribution in [0.25, 0.3) is 0 Å². The second kappa shape index (κ2) is 5.14. The van der Waals surface area contributed by atoms with Crippen LogP contribution in [-0.4, -0.2) is 16.5 Å². The molecule has 0 radical (unpaired) electrons. The molecule has 0 spiro atoms. The highest BCUT2D eigenvalue weighted by Gasteiger charge is 2.10. The van der Waals surface area contributed by atoms with Gasteiger partial charge in [0.25, 0.3) is 0 Å². The maximum Gasteiger partial charge on any atom is 0.133 e. The largest absolute Gasteiger partial charge is 0.384 e. The summed E-state index contributed by atoms with van der Waals surface area (Å²) in [5, 5.41) is 3.29. The Kier molecular flexibility index (Phi) is 4.10. The van der Waals surface area contributed by atoms with Crippen LogP contribution in [0.4, 0.5) is 11.6 Å². The molecule has 1 aromatic rings. The van der Waals surface area contributed by atoms with Crippen LogP contribution in [-0.2, 0) is 6.42 Å². The fourth-order valence-electron chi connectivity index (χ4n) is 1.30. The molecule has 0 aliphatic rings. The van der Waals surface area contributed by atoms with Crippen molar-refractivity contribution >= 4 is 11.6 Å². The summed E-state index contributed by atoms with van der Waals surface area (Å²) in [4.78, 5) is 8.62. The van der Waals surface area contributed by atoms with Gasteiger partial charge >= 0.3 is 0 Å². The third-order valence-electron chi connectivity index (χ3n) is 2.07. The Morgan fingerprint density at radius 3 is 2.56 bits per heavy atom. The summed E-state index contributed by atoms with van der Waals surface area (Å²) in [6, 6.07) is 1.78. The van der Waals surface area contributed by atoms with E-state index in [1.807, 2.05) is 0 Å². The Balaban J connectivity index is 2.72. The molecule has 0 saturated heterocycles. The molecule has 0 atom stereocenters. The molecular formula is C12H22N4. The van der Waals surface area contributed by atoms with Gasteiger partial charge < -0.3 is 11.1 Å². The first-order valence-corrected chi connectivity index (χ1v) is 5.78. The van der Waals surface area contributed by atoms with Gasteiger partial charge in [0, 0.05) is 19.0 Å². The summed E-state index contributed by atoms with van der Waals surface area (Å²) in [5.74, 6) is 2.18. The summed E-state index contributed by atoms with van der Waals surface area (Å²) < 4.78 is 0. The van der Waals surface area contributed by atoms with E-state index in [-0.39, 0.29) is 5.41 Å². The molecule has 0 aliphatic carbocycles. The van der Waals surface area contributed by atoms with Gasteiger partial charge in [-0.1, -0.05) is 27.7 Å². The second-order valence-electron chi connectivity index (χ2n) is 5.26. The van der Waals surface area contributed by atoms with Crippen LogP contribution < -0.4 is 11.1 Å². The van der Waals surface area contributed by atoms with Crippen molar-refractivity contribution < 1.29 is 0 Å². The number of nitrogens with zero attached hydrogens (tertiary/aromatic N) is 2. The zero-order valence-electron chi connectivity index (χ0n) is 10.7. The summed E-state index contributed by atoms with van der Waals surface area (Å²) in [6.45, 7) is 9.51. The van der Waals surface area contributed by atoms with Crippen molar-refractivity contribution in [3.63, 3.8) is 0 Å². The first kappa shape index (κ1) is 12.7. The van der Waals surface area contributed by atoms with Gasteiger partial charge in [0.2, 0.25) is 0 Å². The lowest BCUT2D eigenvalue weighted by Crippen LogP contribution is -2.20. The number of anilines is 2. The molecule has 0 bridgehead atoms. The zero-order valence-corrected chi connectivity index (χ0v) is 10.7. The van der Waals surface area contributed by atoms with E-state index in [0.717, 1.165) is 31.0 Å². The molecule has 90 valence electrons. The van der Waals surface area contributed by atoms with E-state index in [1.165, 1.54) is 0 Å². The molecule has 3 N–H and O–H groups in total. The van der Waals surface area contributed by atoms with Gasteiger partial charge in [-0.25, -0.2) is 9.97 Å². The van der Waals surface area contributed by atoms with Gasteiger partial charge in [-0.15, -0.1) is 0 Å². The summed E-state index contributed by atoms with van der Waals surface area (Å²) in [6.07, 6.45) is 1.90. The van der Waals surface area contributed by atoms with Crippen molar-refractivity contribution in [3.05, 3.63) is 11.9 Å². The van der Waals surface area contributed by atoms with Crippen LogP contribution in [0, 0.1) is 5.41 Å². The van der Waals surface area contributed by atoms with Crippen molar-refractivity contribution in [1.29, 1.82) is 0 Å². The quantitative estimate of drug-likeness (QED) is 0.821. The van der Waals surface area contributed by atoms with Gasteiger partial charge in [0.05, 0.1) is 0 Å². The fourth-order valence-corrected chi connectivity index (χ4v) is 1.30. The first-order valence-electron chi connectivity index (χ1n) is 5.78. The minimum atomic E-state index is 0.227. The lowest BCUT2D eigenvalue weighted by Gasteiger charge is -2.19. The number of hydrogen-bond acceptors (Lipinski definition) is 4. The van der Waals surface area contributed by atoms with E-state index in [4.69, 9.17) is 5.73 Å². The van der Waals surface area contributed by atoms with E-state index in [9.17, 15) is 0 Å². The highest BCUT2D eigenvalue weighted by Crippen LogP contribution is 2.15. The lowest BCUT2D eigenvalue weighted by molar-refractivity contribution is 0.442. The number of aryl methyl sites for hydroxylation is 1. The molecule has 0 saturated carbocycles. The molecule has 16 heavy (non-hydrogen) atoms. The van der Waals surface area contributed by atoms with Gasteiger partial charge in [0.1, 0.15) is 17.5 Å². The Bertz CT molecular complexity index is 341. The van der Waals surface area contributed by atoms with Crippen molar-refractivity contribution in [2.75, 3.05) is 17.6 Å². The smallest absolute Gasteiger partial charge is 0.133 e. The third kappa shape index (κ3) is 4.47. The van der Waals surface area contributed by atoms with E-state index >= 15 is 0 Å². The standard InChI is InChI=1S/C12H22N4/c1-5-6-10-15-9(13)7-11(16-10)14-8-12(2,3)4/h7H,5-6,8H2,1-4H3,(H3,13,14,15,16). The molecule has 0 aromatic carbocycles. The average Bonchev–Trinajstić information content (AvgIpc) is 2.13. The minimum absolute atomic E-state index is 0.227. The Hall–Kier alpha value is -1.32. The van der Waals surface area contributed by atoms with Crippen molar-refractivity contribution in [2.24, 2.45) is 5.41 Å². The summed E-state index contributed by atoms with van der Waals surface area (Å²) in [5.41, 5.74) is 5.96. The SMILES string of the molecule is CCCc1nc(N)cc(NCC(C)(C)C)n1. The molecule has 0 fully saturated rings. The third-order valence-corrected chi connectivity index (χ3v) is 2.07. The number of nitrogen functional groups attached to an aromatic ring is 1. The number of hydrogen-bond donors (Lipinski definition) is 2. The fraction of sp³-hybridized carbons (Fsp3) is 0.667. The van der Waals surface area contributed by atoms with E-state index in [0.29, 0.717) is 5.82 Å². The van der Waals surface area contributed by atoms with E-state index in [2.05, 4.69) is 43.0 Å². The Morgan fingerprint density at radius 1 is 1.31 bits per heavy atom. The maximum atomic E-state index is 5.74. The van der Waals surface area contributed by atoms with Crippen LogP contribution in [0.3, 0.4) is 0 Å². The molecular weight excluding hydrogens is 200 g/mol. The van der Waals surface area contributed by atoms with Gasteiger partial charge in [0.15, 0.2) is 0 Å². The molecule has 0 unspecified atom stereocenters. The monoisotopic (exact) mass is 222 g/mol. The molecule has 0 aliphatic heterocycles. The topological polar surface area (TPSA) is 63.8 Å². The van der Waals surface area contributed by atoms with E-state index in [1.54, 1.807) is 6.07 Å². The number of nitrogens with two attached hydrogens (primary N) is 1. The molecule has 1 rings (SSSR count). The molecule has 1 aromatic heterocycles. The van der Waals surface area contributed by atoms with E-state index < -0.39 is 0 Å². The van der Waals surface area contributed by atoms with Gasteiger partial charge in [-0.05, 0) is 11.8 Å². The summed E-state index contributed by atoms with van der Waals surface area (Å²) >= 11 is 0. The zero-order chi connectivity index (χ0) is 12.2. The van der Waals surface area contributed by atoms with Crippen LogP contribution in [0.2, 0.25) is 0 Å². The highest BCUT2D eigenvalue weighted by atomic mass is 15.0. The predicted octanol–water partition coefficient (Wildman–Crippen LogP) is 2.47. The molecule has 4 nitrogen and oxygen atoms in total. The van der Waals surface area contributed by atoms with Gasteiger partial charge in [-0.3, -0.25) is 0 Å². The number of rotatable bonds is 4. The minimum Gasteiger partial charge on any atom is -0.384 e. The lowest BCUT2D eigenvalue weighted by atomic mass is 9.97. The van der Waals surface area contributed by atoms with Crippen molar-refractivity contribution in [1.82, 2.24) is 9.97 Å². The van der Waals surface area contributed by atoms with Crippen LogP contribution >= 0.6 is 0 Å². The Morgan fingerprint density at radius 2 is 2.00 bits per heavy atom. The molecule has 4 heteroatoms. The van der Waals surface area contributed by atoms with Crippen LogP contribution in [0.1, 0.15) is 39.9 Å². The summed E-state index contributed by atoms with van der Waals surface area (Å²) in [7, 11) is 0. The molecule has 1 heterocycles. The van der Waals surface area contributed by atoms with Crippen LogP contribution in [0.15, 0.2) is 6.07 Å². The second-order valence-corrected chi connectivity index (χ2v) is 5.26. The Labute approximate surface area is 97.7 Å². The predicted molar refractivity (Wildman–Crippen MR) is 68.4 cm³/mol. The van der Waals surface area contributed by atoms with Gasteiger partial charge in [-0.2, -0.15) is 0 Å². The first-order chi connectivity index (χ1) is 7.40. The number of nitrogens with one attached hydrogen (secondary N) is 1. The van der Waals surface area contributed by atoms with Crippen LogP contribution in [0.5, 0.6) is 0 Å².